The number of hydrogen-bond acceptors (Lipinski definition) is 5. The van der Waals surface area contributed by atoms with Crippen molar-refractivity contribution in [1.29, 1.82) is 0 Å². The Morgan fingerprint density at radius 2 is 2.41 bits per heavy atom. The van der Waals surface area contributed by atoms with Crippen LogP contribution in [0.3, 0.4) is 0 Å². The first-order chi connectivity index (χ1) is 8.22. The van der Waals surface area contributed by atoms with E-state index in [-0.39, 0.29) is 5.54 Å². The zero-order valence-electron chi connectivity index (χ0n) is 10.5. The van der Waals surface area contributed by atoms with Crippen molar-refractivity contribution in [1.82, 2.24) is 9.97 Å². The fourth-order valence-corrected chi connectivity index (χ4v) is 2.01. The zero-order valence-corrected chi connectivity index (χ0v) is 10.5. The van der Waals surface area contributed by atoms with Crippen LogP contribution in [-0.2, 0) is 4.74 Å². The maximum atomic E-state index is 5.51. The summed E-state index contributed by atoms with van der Waals surface area (Å²) in [7, 11) is 0. The molecule has 0 saturated carbocycles. The van der Waals surface area contributed by atoms with Crippen LogP contribution in [0.5, 0.6) is 0 Å². The highest BCUT2D eigenvalue weighted by Crippen LogP contribution is 2.23. The Morgan fingerprint density at radius 1 is 1.53 bits per heavy atom. The molecule has 1 unspecified atom stereocenters. The second-order valence-corrected chi connectivity index (χ2v) is 4.64. The van der Waals surface area contributed by atoms with Crippen LogP contribution in [0.2, 0.25) is 0 Å². The van der Waals surface area contributed by atoms with Crippen LogP contribution < -0.4 is 10.6 Å². The van der Waals surface area contributed by atoms with Crippen molar-refractivity contribution >= 4 is 11.8 Å². The normalized spacial score (nSPS) is 24.4. The monoisotopic (exact) mass is 236 g/mol. The Labute approximate surface area is 102 Å². The average molecular weight is 236 g/mol. The molecule has 0 radical (unpaired) electrons. The molecule has 0 aliphatic carbocycles. The summed E-state index contributed by atoms with van der Waals surface area (Å²) >= 11 is 0. The van der Waals surface area contributed by atoms with Gasteiger partial charge in [-0.1, -0.05) is 0 Å². The Balaban J connectivity index is 2.04. The first kappa shape index (κ1) is 12.1. The summed E-state index contributed by atoms with van der Waals surface area (Å²) in [5, 5.41) is 6.54. The Bertz CT molecular complexity index is 363. The Kier molecular flexibility index (Phi) is 3.78. The number of rotatable bonds is 4. The molecule has 1 aliphatic heterocycles. The molecule has 1 saturated heterocycles. The summed E-state index contributed by atoms with van der Waals surface area (Å²) in [6, 6.07) is 1.89. The fraction of sp³-hybridized carbons (Fsp3) is 0.667. The van der Waals surface area contributed by atoms with Gasteiger partial charge in [0.2, 0.25) is 5.95 Å². The van der Waals surface area contributed by atoms with Crippen molar-refractivity contribution in [2.24, 2.45) is 0 Å². The lowest BCUT2D eigenvalue weighted by Gasteiger charge is -2.34. The van der Waals surface area contributed by atoms with Gasteiger partial charge in [-0.3, -0.25) is 0 Å². The van der Waals surface area contributed by atoms with E-state index in [9.17, 15) is 0 Å². The highest BCUT2D eigenvalue weighted by Gasteiger charge is 2.27. The quantitative estimate of drug-likeness (QED) is 0.836. The van der Waals surface area contributed by atoms with Gasteiger partial charge in [0.15, 0.2) is 0 Å². The molecule has 1 aromatic heterocycles. The van der Waals surface area contributed by atoms with Gasteiger partial charge in [-0.05, 0) is 32.8 Å². The molecule has 0 amide bonds. The van der Waals surface area contributed by atoms with E-state index in [1.165, 1.54) is 0 Å². The lowest BCUT2D eigenvalue weighted by molar-refractivity contribution is 0.0539. The minimum Gasteiger partial charge on any atom is -0.379 e. The Morgan fingerprint density at radius 3 is 3.12 bits per heavy atom. The molecule has 1 aliphatic rings. The average Bonchev–Trinajstić information content (AvgIpc) is 2.30. The second kappa shape index (κ2) is 5.31. The van der Waals surface area contributed by atoms with E-state index in [4.69, 9.17) is 4.74 Å². The molecule has 0 bridgehead atoms. The van der Waals surface area contributed by atoms with Gasteiger partial charge in [0.25, 0.3) is 0 Å². The fourth-order valence-electron chi connectivity index (χ4n) is 2.01. The van der Waals surface area contributed by atoms with E-state index in [2.05, 4.69) is 27.5 Å². The van der Waals surface area contributed by atoms with Crippen LogP contribution >= 0.6 is 0 Å². The molecule has 0 aromatic carbocycles. The molecule has 17 heavy (non-hydrogen) atoms. The summed E-state index contributed by atoms with van der Waals surface area (Å²) in [6.07, 6.45) is 3.96. The van der Waals surface area contributed by atoms with E-state index in [1.54, 1.807) is 6.20 Å². The predicted octanol–water partition coefficient (Wildman–Crippen LogP) is 1.89. The van der Waals surface area contributed by atoms with Crippen LogP contribution in [0, 0.1) is 0 Å². The van der Waals surface area contributed by atoms with E-state index < -0.39 is 0 Å². The third kappa shape index (κ3) is 3.30. The van der Waals surface area contributed by atoms with E-state index in [0.717, 1.165) is 38.4 Å². The van der Waals surface area contributed by atoms with E-state index in [1.807, 2.05) is 13.0 Å². The Hall–Kier alpha value is -1.36. The molecule has 1 fully saturated rings. The lowest BCUT2D eigenvalue weighted by atomic mass is 9.95. The van der Waals surface area contributed by atoms with Crippen molar-refractivity contribution in [3.8, 4) is 0 Å². The number of aromatic nitrogens is 2. The minimum atomic E-state index is -0.0178. The number of anilines is 2. The third-order valence-corrected chi connectivity index (χ3v) is 2.86. The molecule has 0 spiro atoms. The molecular weight excluding hydrogens is 216 g/mol. The molecule has 94 valence electrons. The predicted molar refractivity (Wildman–Crippen MR) is 68.3 cm³/mol. The van der Waals surface area contributed by atoms with Crippen molar-refractivity contribution in [3.05, 3.63) is 12.3 Å². The first-order valence-electron chi connectivity index (χ1n) is 6.15. The van der Waals surface area contributed by atoms with Gasteiger partial charge in [0.05, 0.1) is 12.1 Å². The summed E-state index contributed by atoms with van der Waals surface area (Å²) < 4.78 is 5.51. The standard InChI is InChI=1S/C12H20N4O/c1-3-13-11-14-7-5-10(15-11)16-12(2)6-4-8-17-9-12/h5,7H,3-4,6,8-9H2,1-2H3,(H2,13,14,15,16). The van der Waals surface area contributed by atoms with E-state index in [0.29, 0.717) is 5.95 Å². The number of hydrogen-bond donors (Lipinski definition) is 2. The topological polar surface area (TPSA) is 59.1 Å². The van der Waals surface area contributed by atoms with Crippen molar-refractivity contribution < 1.29 is 4.74 Å². The summed E-state index contributed by atoms with van der Waals surface area (Å²) in [5.41, 5.74) is -0.0178. The van der Waals surface area contributed by atoms with Crippen LogP contribution in [-0.4, -0.2) is 35.3 Å². The maximum Gasteiger partial charge on any atom is 0.224 e. The van der Waals surface area contributed by atoms with Crippen molar-refractivity contribution in [2.45, 2.75) is 32.2 Å². The molecule has 2 N–H and O–H groups in total. The highest BCUT2D eigenvalue weighted by molar-refractivity contribution is 5.41. The lowest BCUT2D eigenvalue weighted by Crippen LogP contribution is -2.43. The molecule has 2 heterocycles. The molecule has 5 heteroatoms. The molecule has 1 atom stereocenters. The van der Waals surface area contributed by atoms with Gasteiger partial charge in [0.1, 0.15) is 5.82 Å². The minimum absolute atomic E-state index is 0.0178. The second-order valence-electron chi connectivity index (χ2n) is 4.64. The van der Waals surface area contributed by atoms with Crippen LogP contribution in [0.25, 0.3) is 0 Å². The van der Waals surface area contributed by atoms with Gasteiger partial charge in [-0.15, -0.1) is 0 Å². The van der Waals surface area contributed by atoms with Gasteiger partial charge < -0.3 is 15.4 Å². The van der Waals surface area contributed by atoms with Crippen LogP contribution in [0.15, 0.2) is 12.3 Å². The smallest absolute Gasteiger partial charge is 0.224 e. The van der Waals surface area contributed by atoms with Gasteiger partial charge in [0, 0.05) is 19.3 Å². The van der Waals surface area contributed by atoms with Gasteiger partial charge in [-0.2, -0.15) is 4.98 Å². The summed E-state index contributed by atoms with van der Waals surface area (Å²) in [4.78, 5) is 8.56. The zero-order chi connectivity index (χ0) is 12.1. The molecular formula is C12H20N4O. The third-order valence-electron chi connectivity index (χ3n) is 2.86. The summed E-state index contributed by atoms with van der Waals surface area (Å²) in [5.74, 6) is 1.52. The SMILES string of the molecule is CCNc1nccc(NC2(C)CCCOC2)n1. The van der Waals surface area contributed by atoms with Gasteiger partial charge >= 0.3 is 0 Å². The summed E-state index contributed by atoms with van der Waals surface area (Å²) in [6.45, 7) is 6.61. The van der Waals surface area contributed by atoms with Crippen molar-refractivity contribution in [3.63, 3.8) is 0 Å². The van der Waals surface area contributed by atoms with Crippen LogP contribution in [0.4, 0.5) is 11.8 Å². The number of ether oxygens (including phenoxy) is 1. The van der Waals surface area contributed by atoms with Gasteiger partial charge in [-0.25, -0.2) is 4.98 Å². The van der Waals surface area contributed by atoms with Crippen molar-refractivity contribution in [2.75, 3.05) is 30.4 Å². The maximum absolute atomic E-state index is 5.51. The number of nitrogens with zero attached hydrogens (tertiary/aromatic N) is 2. The van der Waals surface area contributed by atoms with E-state index >= 15 is 0 Å². The molecule has 5 nitrogen and oxygen atoms in total. The largest absolute Gasteiger partial charge is 0.379 e. The number of nitrogens with one attached hydrogen (secondary N) is 2. The first-order valence-corrected chi connectivity index (χ1v) is 6.15. The van der Waals surface area contributed by atoms with Crippen LogP contribution in [0.1, 0.15) is 26.7 Å². The highest BCUT2D eigenvalue weighted by atomic mass is 16.5. The molecule has 1 aromatic rings. The molecule has 2 rings (SSSR count).